The van der Waals surface area contributed by atoms with Crippen LogP contribution in [0.2, 0.25) is 0 Å². The molecule has 4 aliphatic rings. The van der Waals surface area contributed by atoms with Crippen LogP contribution in [0.1, 0.15) is 81.4 Å². The maximum atomic E-state index is 13.0. The van der Waals surface area contributed by atoms with E-state index in [1.54, 1.807) is 0 Å². The molecule has 2 aliphatic heterocycles. The standard InChI is InChI=1S/C23H32N4O3/c1-14-12-16(14)23(30)27-10-5-4-8-19(27)20-24-18-9-11-26(13-17(18)21(28)25-20)22(29)15-6-2-3-7-15/h14-16,19H,2-13H2,1H3,(H,24,25,28)/t14-,16+,19+/m0/s1. The van der Waals surface area contributed by atoms with E-state index >= 15 is 0 Å². The lowest BCUT2D eigenvalue weighted by molar-refractivity contribution is -0.137. The SMILES string of the molecule is C[C@H]1C[C@H]1C(=O)N1CCCC[C@@H]1c1nc2c(c(=O)[nH]1)CN(C(=O)C1CCCC1)CC2. The third kappa shape index (κ3) is 3.56. The van der Waals surface area contributed by atoms with Crippen LogP contribution in [0.4, 0.5) is 0 Å². The van der Waals surface area contributed by atoms with E-state index in [1.165, 1.54) is 0 Å². The normalized spacial score (nSPS) is 29.0. The summed E-state index contributed by atoms with van der Waals surface area (Å²) < 4.78 is 0. The molecule has 1 aromatic heterocycles. The summed E-state index contributed by atoms with van der Waals surface area (Å²) in [4.78, 5) is 50.3. The van der Waals surface area contributed by atoms with Gasteiger partial charge in [0.15, 0.2) is 0 Å². The fourth-order valence-corrected chi connectivity index (χ4v) is 5.58. The minimum atomic E-state index is -0.142. The van der Waals surface area contributed by atoms with E-state index in [1.807, 2.05) is 9.80 Å². The van der Waals surface area contributed by atoms with Gasteiger partial charge in [-0.25, -0.2) is 4.98 Å². The third-order valence-corrected chi connectivity index (χ3v) is 7.63. The zero-order valence-corrected chi connectivity index (χ0v) is 17.9. The smallest absolute Gasteiger partial charge is 0.256 e. The molecule has 1 saturated heterocycles. The van der Waals surface area contributed by atoms with Gasteiger partial charge in [-0.05, 0) is 44.4 Å². The van der Waals surface area contributed by atoms with E-state index in [2.05, 4.69) is 11.9 Å². The molecule has 2 aliphatic carbocycles. The number of nitrogens with one attached hydrogen (secondary N) is 1. The van der Waals surface area contributed by atoms with E-state index < -0.39 is 0 Å². The molecular weight excluding hydrogens is 380 g/mol. The first-order valence-electron chi connectivity index (χ1n) is 11.7. The highest BCUT2D eigenvalue weighted by atomic mass is 16.2. The molecule has 2 saturated carbocycles. The van der Waals surface area contributed by atoms with Crippen LogP contribution in [-0.4, -0.2) is 44.7 Å². The molecule has 0 spiro atoms. The molecule has 162 valence electrons. The molecule has 0 unspecified atom stereocenters. The van der Waals surface area contributed by atoms with Crippen molar-refractivity contribution >= 4 is 11.8 Å². The van der Waals surface area contributed by atoms with Crippen molar-refractivity contribution < 1.29 is 9.59 Å². The quantitative estimate of drug-likeness (QED) is 0.827. The Kier molecular flexibility index (Phi) is 5.15. The summed E-state index contributed by atoms with van der Waals surface area (Å²) in [6, 6.07) is -0.129. The molecule has 7 heteroatoms. The van der Waals surface area contributed by atoms with Gasteiger partial charge in [0.1, 0.15) is 5.82 Å². The highest BCUT2D eigenvalue weighted by Crippen LogP contribution is 2.42. The van der Waals surface area contributed by atoms with Gasteiger partial charge in [0.25, 0.3) is 5.56 Å². The number of hydrogen-bond acceptors (Lipinski definition) is 4. The van der Waals surface area contributed by atoms with Crippen molar-refractivity contribution in [1.82, 2.24) is 19.8 Å². The Labute approximate surface area is 177 Å². The third-order valence-electron chi connectivity index (χ3n) is 7.63. The van der Waals surface area contributed by atoms with Crippen LogP contribution >= 0.6 is 0 Å². The molecule has 1 N–H and O–H groups in total. The van der Waals surface area contributed by atoms with E-state index in [0.29, 0.717) is 36.8 Å². The molecule has 0 aromatic carbocycles. The highest BCUT2D eigenvalue weighted by molar-refractivity contribution is 5.82. The summed E-state index contributed by atoms with van der Waals surface area (Å²) in [5, 5.41) is 0. The van der Waals surface area contributed by atoms with E-state index in [9.17, 15) is 14.4 Å². The number of rotatable bonds is 3. The zero-order chi connectivity index (χ0) is 20.8. The van der Waals surface area contributed by atoms with Gasteiger partial charge in [0.2, 0.25) is 11.8 Å². The lowest BCUT2D eigenvalue weighted by Crippen LogP contribution is -2.44. The second kappa shape index (κ2) is 7.82. The predicted molar refractivity (Wildman–Crippen MR) is 112 cm³/mol. The Bertz CT molecular complexity index is 904. The van der Waals surface area contributed by atoms with Crippen LogP contribution in [-0.2, 0) is 22.6 Å². The summed E-state index contributed by atoms with van der Waals surface area (Å²) in [7, 11) is 0. The van der Waals surface area contributed by atoms with Crippen molar-refractivity contribution in [3.63, 3.8) is 0 Å². The van der Waals surface area contributed by atoms with E-state index in [0.717, 1.165) is 63.6 Å². The number of amides is 2. The fourth-order valence-electron chi connectivity index (χ4n) is 5.58. The van der Waals surface area contributed by atoms with Crippen molar-refractivity contribution in [3.8, 4) is 0 Å². The second-order valence-electron chi connectivity index (χ2n) is 9.73. The number of nitrogens with zero attached hydrogens (tertiary/aromatic N) is 3. The van der Waals surface area contributed by atoms with E-state index in [4.69, 9.17) is 4.98 Å². The summed E-state index contributed by atoms with van der Waals surface area (Å²) in [6.45, 7) is 3.86. The first-order chi connectivity index (χ1) is 14.5. The molecule has 3 atom stereocenters. The van der Waals surface area contributed by atoms with Gasteiger partial charge in [0, 0.05) is 31.3 Å². The second-order valence-corrected chi connectivity index (χ2v) is 9.73. The Hall–Kier alpha value is -2.18. The highest BCUT2D eigenvalue weighted by Gasteiger charge is 2.44. The molecule has 30 heavy (non-hydrogen) atoms. The molecule has 0 radical (unpaired) electrons. The predicted octanol–water partition coefficient (Wildman–Crippen LogP) is 2.55. The number of hydrogen-bond donors (Lipinski definition) is 1. The lowest BCUT2D eigenvalue weighted by atomic mass is 9.99. The minimum Gasteiger partial charge on any atom is -0.337 e. The van der Waals surface area contributed by atoms with Crippen molar-refractivity contribution in [3.05, 3.63) is 27.4 Å². The van der Waals surface area contributed by atoms with Crippen molar-refractivity contribution in [2.24, 2.45) is 17.8 Å². The Balaban J connectivity index is 1.37. The van der Waals surface area contributed by atoms with Gasteiger partial charge in [-0.1, -0.05) is 19.8 Å². The maximum Gasteiger partial charge on any atom is 0.256 e. The lowest BCUT2D eigenvalue weighted by Gasteiger charge is -2.36. The first kappa shape index (κ1) is 19.8. The largest absolute Gasteiger partial charge is 0.337 e. The van der Waals surface area contributed by atoms with Crippen molar-refractivity contribution in [2.75, 3.05) is 13.1 Å². The average Bonchev–Trinajstić information content (AvgIpc) is 3.25. The molecule has 2 amide bonds. The number of aromatic nitrogens is 2. The van der Waals surface area contributed by atoms with Crippen molar-refractivity contribution in [2.45, 2.75) is 77.3 Å². The Morgan fingerprint density at radius 2 is 1.77 bits per heavy atom. The van der Waals surface area contributed by atoms with Crippen LogP contribution in [0.5, 0.6) is 0 Å². The average molecular weight is 413 g/mol. The molecule has 1 aromatic rings. The van der Waals surface area contributed by atoms with Gasteiger partial charge >= 0.3 is 0 Å². The van der Waals surface area contributed by atoms with Gasteiger partial charge in [-0.2, -0.15) is 0 Å². The number of H-pyrrole nitrogens is 1. The summed E-state index contributed by atoms with van der Waals surface area (Å²) in [6.07, 6.45) is 8.69. The summed E-state index contributed by atoms with van der Waals surface area (Å²) in [5.41, 5.74) is 1.29. The Morgan fingerprint density at radius 3 is 2.50 bits per heavy atom. The van der Waals surface area contributed by atoms with Crippen LogP contribution in [0.3, 0.4) is 0 Å². The number of likely N-dealkylation sites (tertiary alicyclic amines) is 1. The Morgan fingerprint density at radius 1 is 1.03 bits per heavy atom. The van der Waals surface area contributed by atoms with E-state index in [-0.39, 0.29) is 35.3 Å². The summed E-state index contributed by atoms with van der Waals surface area (Å²) in [5.74, 6) is 1.80. The number of carbonyl (C=O) groups is 2. The monoisotopic (exact) mass is 412 g/mol. The molecule has 0 bridgehead atoms. The maximum absolute atomic E-state index is 13.0. The zero-order valence-electron chi connectivity index (χ0n) is 17.9. The van der Waals surface area contributed by atoms with Crippen LogP contribution in [0.15, 0.2) is 4.79 Å². The molecular formula is C23H32N4O3. The topological polar surface area (TPSA) is 86.4 Å². The number of fused-ring (bicyclic) bond motifs is 1. The van der Waals surface area contributed by atoms with Gasteiger partial charge < -0.3 is 14.8 Å². The number of aromatic amines is 1. The van der Waals surface area contributed by atoms with Gasteiger partial charge in [0.05, 0.1) is 23.8 Å². The van der Waals surface area contributed by atoms with Gasteiger partial charge in [-0.15, -0.1) is 0 Å². The molecule has 3 fully saturated rings. The molecule has 7 nitrogen and oxygen atoms in total. The van der Waals surface area contributed by atoms with Crippen LogP contribution < -0.4 is 5.56 Å². The summed E-state index contributed by atoms with van der Waals surface area (Å²) >= 11 is 0. The number of piperidine rings is 1. The molecule has 3 heterocycles. The minimum absolute atomic E-state index is 0.129. The van der Waals surface area contributed by atoms with Crippen molar-refractivity contribution in [1.29, 1.82) is 0 Å². The first-order valence-corrected chi connectivity index (χ1v) is 11.7. The van der Waals surface area contributed by atoms with Gasteiger partial charge in [-0.3, -0.25) is 14.4 Å². The number of carbonyl (C=O) groups excluding carboxylic acids is 2. The fraction of sp³-hybridized carbons (Fsp3) is 0.739. The van der Waals surface area contributed by atoms with Crippen LogP contribution in [0, 0.1) is 17.8 Å². The molecule has 5 rings (SSSR count). The van der Waals surface area contributed by atoms with Crippen LogP contribution in [0.25, 0.3) is 0 Å².